The fourth-order valence-corrected chi connectivity index (χ4v) is 6.72. The first-order valence-electron chi connectivity index (χ1n) is 12.8. The van der Waals surface area contributed by atoms with Gasteiger partial charge in [-0.1, -0.05) is 37.3 Å². The molecule has 5 aromatic rings. The highest BCUT2D eigenvalue weighted by molar-refractivity contribution is 7.92. The summed E-state index contributed by atoms with van der Waals surface area (Å²) < 4.78 is 32.1. The second-order valence-corrected chi connectivity index (χ2v) is 12.2. The third-order valence-electron chi connectivity index (χ3n) is 6.42. The van der Waals surface area contributed by atoms with E-state index >= 15 is 0 Å². The molecule has 5 rings (SSSR count). The number of sulfonamides is 1. The highest BCUT2D eigenvalue weighted by Gasteiger charge is 2.27. The molecule has 0 aliphatic rings. The van der Waals surface area contributed by atoms with E-state index in [2.05, 4.69) is 16.4 Å². The quantitative estimate of drug-likeness (QED) is 0.237. The lowest BCUT2D eigenvalue weighted by Gasteiger charge is -2.25. The number of benzene rings is 3. The number of imidazole rings is 1. The van der Waals surface area contributed by atoms with Gasteiger partial charge in [0.15, 0.2) is 0 Å². The number of aromatic nitrogens is 2. The van der Waals surface area contributed by atoms with Crippen molar-refractivity contribution in [2.45, 2.75) is 31.3 Å². The molecule has 0 radical (unpaired) electrons. The minimum atomic E-state index is -3.94. The molecule has 0 aliphatic heterocycles. The fourth-order valence-electron chi connectivity index (χ4n) is 4.31. The van der Waals surface area contributed by atoms with Crippen LogP contribution < -0.4 is 9.62 Å². The zero-order valence-electron chi connectivity index (χ0n) is 21.8. The average molecular weight is 570 g/mol. The van der Waals surface area contributed by atoms with E-state index in [-0.39, 0.29) is 17.3 Å². The Morgan fingerprint density at radius 1 is 1.07 bits per heavy atom. The number of amides is 1. The summed E-state index contributed by atoms with van der Waals surface area (Å²) in [7, 11) is -3.94. The van der Waals surface area contributed by atoms with Gasteiger partial charge >= 0.3 is 0 Å². The molecule has 2 heterocycles. The lowest BCUT2D eigenvalue weighted by molar-refractivity contribution is 0.0957. The minimum Gasteiger partial charge on any atom is -0.351 e. The number of hydrogen-bond acceptors (Lipinski definition) is 6. The third-order valence-corrected chi connectivity index (χ3v) is 9.32. The number of carbonyl (C=O) groups is 1. The molecule has 0 aliphatic carbocycles. The smallest absolute Gasteiger partial charge is 0.264 e. The van der Waals surface area contributed by atoms with Crippen molar-refractivity contribution in [3.8, 4) is 6.07 Å². The Hall–Kier alpha value is -4.46. The van der Waals surface area contributed by atoms with Gasteiger partial charge < -0.3 is 9.88 Å². The van der Waals surface area contributed by atoms with Gasteiger partial charge in [0, 0.05) is 24.0 Å². The maximum atomic E-state index is 14.0. The van der Waals surface area contributed by atoms with Gasteiger partial charge in [-0.3, -0.25) is 9.10 Å². The SMILES string of the molecule is CCCNC(=O)c1cc2cc(N(Cc3cncn3Cc3ccc(C#N)cc3)S(=O)(=O)c3ccccc3)ccc2s1. The predicted octanol–water partition coefficient (Wildman–Crippen LogP) is 5.55. The van der Waals surface area contributed by atoms with E-state index in [9.17, 15) is 13.2 Å². The molecular formula is C30H27N5O3S2. The lowest BCUT2D eigenvalue weighted by atomic mass is 10.1. The Balaban J connectivity index is 1.52. The number of nitrogens with zero attached hydrogens (tertiary/aromatic N) is 4. The number of nitriles is 1. The summed E-state index contributed by atoms with van der Waals surface area (Å²) in [5.41, 5.74) is 2.73. The summed E-state index contributed by atoms with van der Waals surface area (Å²) in [5, 5.41) is 12.8. The lowest BCUT2D eigenvalue weighted by Crippen LogP contribution is -2.31. The molecule has 8 nitrogen and oxygen atoms in total. The minimum absolute atomic E-state index is 0.0486. The van der Waals surface area contributed by atoms with Crippen LogP contribution in [0.2, 0.25) is 0 Å². The van der Waals surface area contributed by atoms with Gasteiger partial charge in [-0.2, -0.15) is 5.26 Å². The van der Waals surface area contributed by atoms with Crippen LogP contribution in [0, 0.1) is 11.3 Å². The zero-order valence-corrected chi connectivity index (χ0v) is 23.5. The van der Waals surface area contributed by atoms with E-state index < -0.39 is 10.0 Å². The maximum absolute atomic E-state index is 14.0. The van der Waals surface area contributed by atoms with Crippen LogP contribution in [0.4, 0.5) is 5.69 Å². The van der Waals surface area contributed by atoms with Crippen LogP contribution in [0.25, 0.3) is 10.1 Å². The molecule has 0 spiro atoms. The van der Waals surface area contributed by atoms with Gasteiger partial charge in [0.2, 0.25) is 0 Å². The normalized spacial score (nSPS) is 11.3. The van der Waals surface area contributed by atoms with Gasteiger partial charge in [0.25, 0.3) is 15.9 Å². The Bertz CT molecular complexity index is 1790. The van der Waals surface area contributed by atoms with Crippen LogP contribution in [0.5, 0.6) is 0 Å². The van der Waals surface area contributed by atoms with Crippen LogP contribution in [-0.4, -0.2) is 30.4 Å². The Morgan fingerprint density at radius 2 is 1.85 bits per heavy atom. The first-order valence-corrected chi connectivity index (χ1v) is 15.0. The molecule has 202 valence electrons. The molecule has 0 saturated carbocycles. The van der Waals surface area contributed by atoms with Crippen LogP contribution in [0.3, 0.4) is 0 Å². The van der Waals surface area contributed by atoms with E-state index in [1.807, 2.05) is 35.8 Å². The zero-order chi connectivity index (χ0) is 28.1. The van der Waals surface area contributed by atoms with Crippen molar-refractivity contribution in [2.24, 2.45) is 0 Å². The second-order valence-electron chi connectivity index (χ2n) is 9.24. The van der Waals surface area contributed by atoms with Gasteiger partial charge in [0.05, 0.1) is 45.7 Å². The maximum Gasteiger partial charge on any atom is 0.264 e. The Morgan fingerprint density at radius 3 is 2.58 bits per heavy atom. The van der Waals surface area contributed by atoms with Crippen molar-refractivity contribution >= 4 is 43.0 Å². The monoisotopic (exact) mass is 569 g/mol. The third kappa shape index (κ3) is 5.76. The summed E-state index contributed by atoms with van der Waals surface area (Å²) in [6, 6.07) is 24.9. The number of thiophene rings is 1. The van der Waals surface area contributed by atoms with Crippen LogP contribution in [0.1, 0.15) is 39.8 Å². The van der Waals surface area contributed by atoms with E-state index in [1.165, 1.54) is 15.6 Å². The van der Waals surface area contributed by atoms with Crippen molar-refractivity contribution < 1.29 is 13.2 Å². The predicted molar refractivity (Wildman–Crippen MR) is 157 cm³/mol. The van der Waals surface area contributed by atoms with Crippen molar-refractivity contribution in [1.82, 2.24) is 14.9 Å². The van der Waals surface area contributed by atoms with E-state index in [1.54, 1.807) is 67.1 Å². The van der Waals surface area contributed by atoms with E-state index in [0.717, 1.165) is 22.1 Å². The number of fused-ring (bicyclic) bond motifs is 1. The number of anilines is 1. The van der Waals surface area contributed by atoms with Crippen molar-refractivity contribution in [1.29, 1.82) is 5.26 Å². The van der Waals surface area contributed by atoms with Crippen LogP contribution in [-0.2, 0) is 23.1 Å². The number of nitrogens with one attached hydrogen (secondary N) is 1. The van der Waals surface area contributed by atoms with Gasteiger partial charge in [-0.05, 0) is 65.9 Å². The number of carbonyl (C=O) groups excluding carboxylic acids is 1. The first-order chi connectivity index (χ1) is 19.4. The molecule has 0 fully saturated rings. The molecule has 1 amide bonds. The molecule has 0 atom stereocenters. The Kier molecular flexibility index (Phi) is 7.96. The average Bonchev–Trinajstić information content (AvgIpc) is 3.61. The largest absolute Gasteiger partial charge is 0.351 e. The van der Waals surface area contributed by atoms with Crippen molar-refractivity contribution in [3.05, 3.63) is 113 Å². The van der Waals surface area contributed by atoms with Gasteiger partial charge in [-0.25, -0.2) is 13.4 Å². The summed E-state index contributed by atoms with van der Waals surface area (Å²) >= 11 is 1.38. The highest BCUT2D eigenvalue weighted by Crippen LogP contribution is 2.33. The van der Waals surface area contributed by atoms with Crippen molar-refractivity contribution in [2.75, 3.05) is 10.8 Å². The summed E-state index contributed by atoms with van der Waals surface area (Å²) in [4.78, 5) is 17.6. The topological polar surface area (TPSA) is 108 Å². The van der Waals surface area contributed by atoms with Crippen LogP contribution in [0.15, 0.2) is 96.3 Å². The molecular weight excluding hydrogens is 542 g/mol. The molecule has 2 aromatic heterocycles. The fraction of sp³-hybridized carbons (Fsp3) is 0.167. The summed E-state index contributed by atoms with van der Waals surface area (Å²) in [6.07, 6.45) is 4.18. The van der Waals surface area contributed by atoms with E-state index in [0.29, 0.717) is 34.9 Å². The van der Waals surface area contributed by atoms with Crippen molar-refractivity contribution in [3.63, 3.8) is 0 Å². The van der Waals surface area contributed by atoms with Gasteiger partial charge in [0.1, 0.15) is 0 Å². The molecule has 40 heavy (non-hydrogen) atoms. The van der Waals surface area contributed by atoms with E-state index in [4.69, 9.17) is 5.26 Å². The Labute approximate surface area is 237 Å². The van der Waals surface area contributed by atoms with Crippen LogP contribution >= 0.6 is 11.3 Å². The summed E-state index contributed by atoms with van der Waals surface area (Å²) in [6.45, 7) is 3.11. The summed E-state index contributed by atoms with van der Waals surface area (Å²) in [5.74, 6) is -0.134. The first kappa shape index (κ1) is 27.1. The number of rotatable bonds is 10. The standard InChI is InChI=1S/C30H27N5O3S2/c1-2-14-33-30(36)29-16-24-15-25(12-13-28(24)39-29)35(40(37,38)27-6-4-3-5-7-27)20-26-18-32-21-34(26)19-23-10-8-22(17-31)9-11-23/h3-13,15-16,18,21H,2,14,19-20H2,1H3,(H,33,36). The second kappa shape index (κ2) is 11.7. The molecule has 10 heteroatoms. The number of hydrogen-bond donors (Lipinski definition) is 1. The molecule has 0 unspecified atom stereocenters. The highest BCUT2D eigenvalue weighted by atomic mass is 32.2. The molecule has 0 saturated heterocycles. The molecule has 1 N–H and O–H groups in total. The molecule has 3 aromatic carbocycles. The van der Waals surface area contributed by atoms with Gasteiger partial charge in [-0.15, -0.1) is 11.3 Å². The molecule has 0 bridgehead atoms.